The number of halogens is 2. The third-order valence-corrected chi connectivity index (χ3v) is 2.81. The molecule has 1 aromatic rings. The number of aliphatic hydroxyl groups excluding tert-OH is 1. The van der Waals surface area contributed by atoms with Crippen molar-refractivity contribution in [1.29, 1.82) is 0 Å². The van der Waals surface area contributed by atoms with Crippen molar-refractivity contribution in [3.8, 4) is 5.75 Å². The van der Waals surface area contributed by atoms with Crippen LogP contribution < -0.4 is 10.1 Å². The van der Waals surface area contributed by atoms with E-state index in [9.17, 15) is 9.59 Å². The minimum Gasteiger partial charge on any atom is -0.494 e. The van der Waals surface area contributed by atoms with E-state index < -0.39 is 24.5 Å². The van der Waals surface area contributed by atoms with E-state index in [1.807, 2.05) is 0 Å². The van der Waals surface area contributed by atoms with Gasteiger partial charge < -0.3 is 20.3 Å². The van der Waals surface area contributed by atoms with Crippen molar-refractivity contribution >= 4 is 35.1 Å². The monoisotopic (exact) mass is 307 g/mol. The number of aliphatic hydroxyl groups is 1. The van der Waals surface area contributed by atoms with E-state index in [4.69, 9.17) is 38.2 Å². The van der Waals surface area contributed by atoms with Crippen LogP contribution in [0.1, 0.15) is 10.4 Å². The third-order valence-electron chi connectivity index (χ3n) is 2.25. The number of aliphatic carboxylic acids is 1. The average Bonchev–Trinajstić information content (AvgIpc) is 2.34. The Balaban J connectivity index is 2.98. The fourth-order valence-corrected chi connectivity index (χ4v) is 1.95. The maximum atomic E-state index is 11.8. The summed E-state index contributed by atoms with van der Waals surface area (Å²) in [5.74, 6) is -1.84. The molecule has 104 valence electrons. The molecule has 1 aromatic carbocycles. The summed E-state index contributed by atoms with van der Waals surface area (Å²) in [5.41, 5.74) is 0.0653. The molecule has 6 nitrogen and oxygen atoms in total. The zero-order chi connectivity index (χ0) is 14.6. The molecule has 1 unspecified atom stereocenters. The number of carboxylic acid groups (broad SMARTS) is 1. The Hall–Kier alpha value is -1.50. The fraction of sp³-hybridized carbons (Fsp3) is 0.273. The number of amides is 1. The van der Waals surface area contributed by atoms with Crippen LogP contribution in [0.4, 0.5) is 0 Å². The van der Waals surface area contributed by atoms with Gasteiger partial charge in [0.1, 0.15) is 0 Å². The number of hydrogen-bond donors (Lipinski definition) is 3. The lowest BCUT2D eigenvalue weighted by atomic mass is 10.2. The van der Waals surface area contributed by atoms with Gasteiger partial charge in [-0.3, -0.25) is 4.79 Å². The van der Waals surface area contributed by atoms with Crippen molar-refractivity contribution in [3.05, 3.63) is 27.7 Å². The summed E-state index contributed by atoms with van der Waals surface area (Å²) in [5, 5.41) is 19.9. The average molecular weight is 308 g/mol. The zero-order valence-electron chi connectivity index (χ0n) is 9.81. The Bertz CT molecular complexity index is 483. The molecule has 0 fully saturated rings. The summed E-state index contributed by atoms with van der Waals surface area (Å²) >= 11 is 11.7. The van der Waals surface area contributed by atoms with Crippen LogP contribution in [-0.2, 0) is 4.79 Å². The van der Waals surface area contributed by atoms with Gasteiger partial charge in [0.2, 0.25) is 0 Å². The van der Waals surface area contributed by atoms with Crippen molar-refractivity contribution in [2.45, 2.75) is 6.04 Å². The minimum absolute atomic E-state index is 0.0653. The third kappa shape index (κ3) is 3.73. The number of hydrogen-bond acceptors (Lipinski definition) is 4. The predicted octanol–water partition coefficient (Wildman–Crippen LogP) is 1.18. The summed E-state index contributed by atoms with van der Waals surface area (Å²) < 4.78 is 4.92. The smallest absolute Gasteiger partial charge is 0.328 e. The Morgan fingerprint density at radius 3 is 2.26 bits per heavy atom. The van der Waals surface area contributed by atoms with Gasteiger partial charge in [0.05, 0.1) is 23.8 Å². The second-order valence-electron chi connectivity index (χ2n) is 3.52. The normalized spacial score (nSPS) is 11.8. The second-order valence-corrected chi connectivity index (χ2v) is 4.33. The van der Waals surface area contributed by atoms with Crippen LogP contribution in [0, 0.1) is 0 Å². The van der Waals surface area contributed by atoms with Gasteiger partial charge in [-0.1, -0.05) is 23.2 Å². The van der Waals surface area contributed by atoms with Gasteiger partial charge in [0.25, 0.3) is 5.91 Å². The number of benzene rings is 1. The highest BCUT2D eigenvalue weighted by Gasteiger charge is 2.21. The second kappa shape index (κ2) is 6.60. The quantitative estimate of drug-likeness (QED) is 0.759. The molecule has 1 rings (SSSR count). The molecule has 1 amide bonds. The van der Waals surface area contributed by atoms with Gasteiger partial charge >= 0.3 is 5.97 Å². The van der Waals surface area contributed by atoms with E-state index in [-0.39, 0.29) is 21.4 Å². The highest BCUT2D eigenvalue weighted by Crippen LogP contribution is 2.33. The van der Waals surface area contributed by atoms with Crippen molar-refractivity contribution in [2.75, 3.05) is 13.7 Å². The van der Waals surface area contributed by atoms with Gasteiger partial charge in [0, 0.05) is 5.56 Å². The molecule has 0 bridgehead atoms. The summed E-state index contributed by atoms with van der Waals surface area (Å²) in [7, 11) is 1.37. The van der Waals surface area contributed by atoms with Crippen molar-refractivity contribution in [1.82, 2.24) is 5.32 Å². The van der Waals surface area contributed by atoms with Gasteiger partial charge in [0.15, 0.2) is 11.8 Å². The molecule has 0 aliphatic heterocycles. The van der Waals surface area contributed by atoms with Crippen molar-refractivity contribution < 1.29 is 24.5 Å². The lowest BCUT2D eigenvalue weighted by Gasteiger charge is -2.13. The number of carbonyl (C=O) groups is 2. The number of methoxy groups -OCH3 is 1. The fourth-order valence-electron chi connectivity index (χ4n) is 1.31. The van der Waals surface area contributed by atoms with E-state index in [2.05, 4.69) is 5.32 Å². The number of nitrogens with one attached hydrogen (secondary N) is 1. The lowest BCUT2D eigenvalue weighted by Crippen LogP contribution is -2.43. The van der Waals surface area contributed by atoms with Gasteiger partial charge in [-0.05, 0) is 12.1 Å². The maximum Gasteiger partial charge on any atom is 0.328 e. The first-order valence-corrected chi connectivity index (χ1v) is 5.83. The van der Waals surface area contributed by atoms with Crippen LogP contribution in [0.15, 0.2) is 12.1 Å². The molecule has 3 N–H and O–H groups in total. The van der Waals surface area contributed by atoms with E-state index in [0.717, 1.165) is 0 Å². The lowest BCUT2D eigenvalue weighted by molar-refractivity contribution is -0.140. The van der Waals surface area contributed by atoms with Crippen molar-refractivity contribution in [3.63, 3.8) is 0 Å². The minimum atomic E-state index is -1.40. The van der Waals surface area contributed by atoms with Crippen LogP contribution in [0.3, 0.4) is 0 Å². The Morgan fingerprint density at radius 1 is 1.37 bits per heavy atom. The van der Waals surface area contributed by atoms with Gasteiger partial charge in [-0.2, -0.15) is 0 Å². The summed E-state index contributed by atoms with van der Waals surface area (Å²) in [6, 6.07) is 1.18. The number of carboxylic acids is 1. The van der Waals surface area contributed by atoms with E-state index >= 15 is 0 Å². The summed E-state index contributed by atoms with van der Waals surface area (Å²) in [4.78, 5) is 22.5. The zero-order valence-corrected chi connectivity index (χ0v) is 11.3. The Labute approximate surface area is 118 Å². The van der Waals surface area contributed by atoms with Crippen LogP contribution in [-0.4, -0.2) is 41.8 Å². The van der Waals surface area contributed by atoms with Crippen LogP contribution >= 0.6 is 23.2 Å². The standard InChI is InChI=1S/C11H11Cl2NO5/c1-19-9-6(12)2-5(3-7(9)13)10(16)14-8(4-15)11(17)18/h2-3,8,15H,4H2,1H3,(H,14,16)(H,17,18). The first-order valence-electron chi connectivity index (χ1n) is 5.08. The molecule has 0 aliphatic rings. The van der Waals surface area contributed by atoms with E-state index in [1.54, 1.807) is 0 Å². The first kappa shape index (κ1) is 15.6. The van der Waals surface area contributed by atoms with E-state index in [1.165, 1.54) is 19.2 Å². The van der Waals surface area contributed by atoms with Crippen LogP contribution in [0.5, 0.6) is 5.75 Å². The van der Waals surface area contributed by atoms with Gasteiger partial charge in [-0.15, -0.1) is 0 Å². The molecule has 8 heteroatoms. The summed E-state index contributed by atoms with van der Waals surface area (Å²) in [6.45, 7) is -0.724. The Morgan fingerprint density at radius 2 is 1.89 bits per heavy atom. The molecule has 0 saturated heterocycles. The SMILES string of the molecule is COc1c(Cl)cc(C(=O)NC(CO)C(=O)O)cc1Cl. The molecule has 0 heterocycles. The van der Waals surface area contributed by atoms with Gasteiger partial charge in [-0.25, -0.2) is 4.79 Å². The molecule has 0 spiro atoms. The largest absolute Gasteiger partial charge is 0.494 e. The molecular weight excluding hydrogens is 297 g/mol. The van der Waals surface area contributed by atoms with Crippen LogP contribution in [0.2, 0.25) is 10.0 Å². The predicted molar refractivity (Wildman–Crippen MR) is 69.0 cm³/mol. The highest BCUT2D eigenvalue weighted by atomic mass is 35.5. The first-order chi connectivity index (χ1) is 8.90. The topological polar surface area (TPSA) is 95.9 Å². The summed E-state index contributed by atoms with van der Waals surface area (Å²) in [6.07, 6.45) is 0. The molecule has 0 radical (unpaired) electrons. The number of ether oxygens (including phenoxy) is 1. The molecule has 1 atom stereocenters. The van der Waals surface area contributed by atoms with Crippen LogP contribution in [0.25, 0.3) is 0 Å². The van der Waals surface area contributed by atoms with E-state index in [0.29, 0.717) is 0 Å². The maximum absolute atomic E-state index is 11.8. The molecular formula is C11H11Cl2NO5. The highest BCUT2D eigenvalue weighted by molar-refractivity contribution is 6.37. The molecule has 0 aromatic heterocycles. The molecule has 0 aliphatic carbocycles. The Kier molecular flexibility index (Phi) is 5.41. The van der Waals surface area contributed by atoms with Crippen molar-refractivity contribution in [2.24, 2.45) is 0 Å². The molecule has 19 heavy (non-hydrogen) atoms. The number of rotatable bonds is 5. The molecule has 0 saturated carbocycles. The number of carbonyl (C=O) groups excluding carboxylic acids is 1.